The van der Waals surface area contributed by atoms with E-state index in [4.69, 9.17) is 0 Å². The minimum absolute atomic E-state index is 0.111. The van der Waals surface area contributed by atoms with E-state index >= 15 is 0 Å². The van der Waals surface area contributed by atoms with Crippen LogP contribution in [0.2, 0.25) is 0 Å². The van der Waals surface area contributed by atoms with Gasteiger partial charge in [0.1, 0.15) is 5.01 Å². The topological polar surface area (TPSA) is 75.2 Å². The number of nitrogens with zero attached hydrogens (tertiary/aromatic N) is 3. The van der Waals surface area contributed by atoms with Gasteiger partial charge in [0, 0.05) is 36.9 Å². The van der Waals surface area contributed by atoms with Crippen molar-refractivity contribution in [2.45, 2.75) is 6.42 Å². The Labute approximate surface area is 155 Å². The Morgan fingerprint density at radius 2 is 2.00 bits per heavy atom. The van der Waals surface area contributed by atoms with Crippen molar-refractivity contribution in [3.63, 3.8) is 0 Å². The second kappa shape index (κ2) is 7.88. The lowest BCUT2D eigenvalue weighted by molar-refractivity contribution is -0.115. The first-order valence-corrected chi connectivity index (χ1v) is 8.88. The molecule has 7 heteroatoms. The number of benzene rings is 1. The Morgan fingerprint density at radius 3 is 2.73 bits per heavy atom. The Balaban J connectivity index is 1.66. The summed E-state index contributed by atoms with van der Waals surface area (Å²) in [7, 11) is 3.38. The number of hydrogen-bond donors (Lipinski definition) is 1. The van der Waals surface area contributed by atoms with Gasteiger partial charge in [0.15, 0.2) is 0 Å². The van der Waals surface area contributed by atoms with E-state index in [1.165, 1.54) is 16.2 Å². The molecule has 132 valence electrons. The quantitative estimate of drug-likeness (QED) is 0.753. The van der Waals surface area contributed by atoms with E-state index < -0.39 is 0 Å². The van der Waals surface area contributed by atoms with Crippen LogP contribution in [0.3, 0.4) is 0 Å². The van der Waals surface area contributed by atoms with Gasteiger partial charge in [-0.1, -0.05) is 12.1 Å². The molecule has 0 radical (unpaired) electrons. The molecular formula is C19H18N4O2S. The lowest BCUT2D eigenvalue weighted by Crippen LogP contribution is -2.22. The molecule has 0 aliphatic carbocycles. The molecule has 1 N–H and O–H groups in total. The van der Waals surface area contributed by atoms with Gasteiger partial charge >= 0.3 is 0 Å². The van der Waals surface area contributed by atoms with Gasteiger partial charge in [-0.05, 0) is 30.3 Å². The summed E-state index contributed by atoms with van der Waals surface area (Å²) in [6.45, 7) is 0. The summed E-state index contributed by atoms with van der Waals surface area (Å²) < 4.78 is 0. The maximum absolute atomic E-state index is 12.3. The van der Waals surface area contributed by atoms with Crippen LogP contribution in [-0.2, 0) is 11.2 Å². The molecule has 0 bridgehead atoms. The van der Waals surface area contributed by atoms with Crippen LogP contribution >= 0.6 is 11.3 Å². The van der Waals surface area contributed by atoms with E-state index in [0.717, 1.165) is 10.7 Å². The predicted octanol–water partition coefficient (Wildman–Crippen LogP) is 3.09. The zero-order valence-electron chi connectivity index (χ0n) is 14.5. The zero-order valence-corrected chi connectivity index (χ0v) is 15.3. The highest BCUT2D eigenvalue weighted by Gasteiger charge is 2.12. The molecule has 0 fully saturated rings. The molecule has 0 unspecified atom stereocenters. The number of carbonyl (C=O) groups is 2. The molecule has 0 saturated heterocycles. The van der Waals surface area contributed by atoms with Crippen molar-refractivity contribution in [2.75, 3.05) is 19.4 Å². The van der Waals surface area contributed by atoms with E-state index in [9.17, 15) is 9.59 Å². The van der Waals surface area contributed by atoms with E-state index in [-0.39, 0.29) is 18.2 Å². The fourth-order valence-electron chi connectivity index (χ4n) is 2.35. The monoisotopic (exact) mass is 366 g/mol. The summed E-state index contributed by atoms with van der Waals surface area (Å²) in [6.07, 6.45) is 1.88. The van der Waals surface area contributed by atoms with E-state index in [0.29, 0.717) is 16.9 Å². The van der Waals surface area contributed by atoms with E-state index in [1.807, 2.05) is 23.6 Å². The van der Waals surface area contributed by atoms with Crippen molar-refractivity contribution in [3.8, 4) is 10.7 Å². The largest absolute Gasteiger partial charge is 0.345 e. The summed E-state index contributed by atoms with van der Waals surface area (Å²) in [4.78, 5) is 34.5. The molecule has 6 nitrogen and oxygen atoms in total. The van der Waals surface area contributed by atoms with Crippen LogP contribution in [0.1, 0.15) is 16.1 Å². The van der Waals surface area contributed by atoms with Crippen LogP contribution in [-0.4, -0.2) is 40.8 Å². The maximum Gasteiger partial charge on any atom is 0.253 e. The summed E-state index contributed by atoms with van der Waals surface area (Å²) in [5, 5.41) is 5.45. The van der Waals surface area contributed by atoms with Gasteiger partial charge in [0.05, 0.1) is 17.8 Å². The Bertz CT molecular complexity index is 922. The van der Waals surface area contributed by atoms with Gasteiger partial charge in [0.2, 0.25) is 5.91 Å². The lowest BCUT2D eigenvalue weighted by atomic mass is 10.1. The number of carbonyl (C=O) groups excluding carboxylic acids is 2. The third-order valence-electron chi connectivity index (χ3n) is 3.58. The maximum atomic E-state index is 12.3. The first-order valence-electron chi connectivity index (χ1n) is 8.00. The van der Waals surface area contributed by atoms with E-state index in [2.05, 4.69) is 15.3 Å². The van der Waals surface area contributed by atoms with Gasteiger partial charge in [-0.25, -0.2) is 4.98 Å². The molecule has 2 heterocycles. The third-order valence-corrected chi connectivity index (χ3v) is 4.49. The molecular weight excluding hydrogens is 348 g/mol. The van der Waals surface area contributed by atoms with Crippen molar-refractivity contribution < 1.29 is 9.59 Å². The summed E-state index contributed by atoms with van der Waals surface area (Å²) >= 11 is 1.46. The van der Waals surface area contributed by atoms with Crippen molar-refractivity contribution in [1.29, 1.82) is 0 Å². The fourth-order valence-corrected chi connectivity index (χ4v) is 3.15. The number of thiazole rings is 1. The molecule has 0 atom stereocenters. The van der Waals surface area contributed by atoms with Crippen LogP contribution in [0.4, 0.5) is 5.69 Å². The van der Waals surface area contributed by atoms with Crippen LogP contribution in [0.15, 0.2) is 54.0 Å². The number of rotatable bonds is 5. The number of nitrogens with one attached hydrogen (secondary N) is 1. The number of amides is 2. The van der Waals surface area contributed by atoms with Gasteiger partial charge in [-0.2, -0.15) is 0 Å². The molecule has 0 aliphatic heterocycles. The standard InChI is InChI=1S/C19H18N4O2S/c1-23(2)19(25)13-6-5-7-14(10-13)21-17(24)11-15-12-26-18(22-15)16-8-3-4-9-20-16/h3-10,12H,11H2,1-2H3,(H,21,24). The van der Waals surface area contributed by atoms with Crippen molar-refractivity contribution in [1.82, 2.24) is 14.9 Å². The predicted molar refractivity (Wildman–Crippen MR) is 102 cm³/mol. The van der Waals surface area contributed by atoms with E-state index in [1.54, 1.807) is 44.6 Å². The third kappa shape index (κ3) is 4.31. The van der Waals surface area contributed by atoms with Crippen LogP contribution < -0.4 is 5.32 Å². The van der Waals surface area contributed by atoms with Gasteiger partial charge in [-0.15, -0.1) is 11.3 Å². The molecule has 26 heavy (non-hydrogen) atoms. The fraction of sp³-hybridized carbons (Fsp3) is 0.158. The normalized spacial score (nSPS) is 10.4. The van der Waals surface area contributed by atoms with Crippen LogP contribution in [0.25, 0.3) is 10.7 Å². The lowest BCUT2D eigenvalue weighted by Gasteiger charge is -2.11. The minimum Gasteiger partial charge on any atom is -0.345 e. The van der Waals surface area contributed by atoms with Crippen LogP contribution in [0, 0.1) is 0 Å². The average Bonchev–Trinajstić information content (AvgIpc) is 3.10. The highest BCUT2D eigenvalue weighted by Crippen LogP contribution is 2.21. The smallest absolute Gasteiger partial charge is 0.253 e. The number of pyridine rings is 1. The average molecular weight is 366 g/mol. The molecule has 2 amide bonds. The van der Waals surface area contributed by atoms with Crippen molar-refractivity contribution in [2.24, 2.45) is 0 Å². The number of aromatic nitrogens is 2. The van der Waals surface area contributed by atoms with Crippen molar-refractivity contribution >= 4 is 28.8 Å². The molecule has 1 aromatic carbocycles. The highest BCUT2D eigenvalue weighted by molar-refractivity contribution is 7.13. The SMILES string of the molecule is CN(C)C(=O)c1cccc(NC(=O)Cc2csc(-c3ccccn3)n2)c1. The second-order valence-corrected chi connectivity index (χ2v) is 6.72. The Kier molecular flexibility index (Phi) is 5.38. The molecule has 0 aliphatic rings. The molecule has 0 saturated carbocycles. The Morgan fingerprint density at radius 1 is 1.15 bits per heavy atom. The number of anilines is 1. The summed E-state index contributed by atoms with van der Waals surface area (Å²) in [5.74, 6) is -0.294. The molecule has 3 rings (SSSR count). The first kappa shape index (κ1) is 17.8. The van der Waals surface area contributed by atoms with Gasteiger partial charge in [0.25, 0.3) is 5.91 Å². The van der Waals surface area contributed by atoms with Crippen LogP contribution in [0.5, 0.6) is 0 Å². The second-order valence-electron chi connectivity index (χ2n) is 5.86. The molecule has 0 spiro atoms. The molecule has 2 aromatic heterocycles. The minimum atomic E-state index is -0.183. The first-order chi connectivity index (χ1) is 12.5. The number of hydrogen-bond acceptors (Lipinski definition) is 5. The van der Waals surface area contributed by atoms with Gasteiger partial charge in [-0.3, -0.25) is 14.6 Å². The summed E-state index contributed by atoms with van der Waals surface area (Å²) in [6, 6.07) is 12.5. The van der Waals surface area contributed by atoms with Gasteiger partial charge < -0.3 is 10.2 Å². The zero-order chi connectivity index (χ0) is 18.5. The molecule has 3 aromatic rings. The van der Waals surface area contributed by atoms with Crippen molar-refractivity contribution in [3.05, 3.63) is 65.3 Å². The Hall–Kier alpha value is -3.06. The highest BCUT2D eigenvalue weighted by atomic mass is 32.1. The summed E-state index contributed by atoms with van der Waals surface area (Å²) in [5.41, 5.74) is 2.59.